The molecule has 0 aliphatic heterocycles. The number of halogens is 1. The van der Waals surface area contributed by atoms with Crippen LogP contribution in [0.3, 0.4) is 0 Å². The zero-order valence-electron chi connectivity index (χ0n) is 10.9. The Labute approximate surface area is 113 Å². The maximum Gasteiger partial charge on any atom is 0.137 e. The molecule has 1 aromatic heterocycles. The second-order valence-electron chi connectivity index (χ2n) is 4.92. The second-order valence-corrected chi connectivity index (χ2v) is 6.30. The summed E-state index contributed by atoms with van der Waals surface area (Å²) in [7, 11) is 0. The number of nitrogens with zero attached hydrogens (tertiary/aromatic N) is 2. The van der Waals surface area contributed by atoms with Gasteiger partial charge in [0.1, 0.15) is 16.8 Å². The first-order valence-electron chi connectivity index (χ1n) is 5.71. The Bertz CT molecular complexity index is 363. The molecule has 17 heavy (non-hydrogen) atoms. The zero-order chi connectivity index (χ0) is 12.9. The van der Waals surface area contributed by atoms with Gasteiger partial charge in [0, 0.05) is 18.0 Å². The summed E-state index contributed by atoms with van der Waals surface area (Å²) in [6.45, 7) is 7.15. The van der Waals surface area contributed by atoms with Crippen molar-refractivity contribution in [3.63, 3.8) is 0 Å². The van der Waals surface area contributed by atoms with Gasteiger partial charge in [-0.1, -0.05) is 32.4 Å². The molecule has 3 nitrogen and oxygen atoms in total. The highest BCUT2D eigenvalue weighted by molar-refractivity contribution is 7.98. The number of rotatable bonds is 5. The van der Waals surface area contributed by atoms with Crippen molar-refractivity contribution in [3.8, 4) is 0 Å². The van der Waals surface area contributed by atoms with Gasteiger partial charge in [-0.2, -0.15) is 11.8 Å². The van der Waals surface area contributed by atoms with Crippen LogP contribution in [0.5, 0.6) is 0 Å². The molecule has 5 heteroatoms. The lowest BCUT2D eigenvalue weighted by atomic mass is 9.96. The van der Waals surface area contributed by atoms with Crippen molar-refractivity contribution in [3.05, 3.63) is 17.0 Å². The largest absolute Gasteiger partial charge is 0.370 e. The molecule has 1 N–H and O–H groups in total. The van der Waals surface area contributed by atoms with Crippen LogP contribution in [0.25, 0.3) is 0 Å². The summed E-state index contributed by atoms with van der Waals surface area (Å²) >= 11 is 7.85. The molecule has 1 heterocycles. The van der Waals surface area contributed by atoms with E-state index in [1.54, 1.807) is 6.07 Å². The lowest BCUT2D eigenvalue weighted by Gasteiger charge is -2.17. The SMILES string of the molecule is CSCCCNc1cc(Cl)nc(C(C)(C)C)n1. The van der Waals surface area contributed by atoms with E-state index in [0.29, 0.717) is 5.15 Å². The van der Waals surface area contributed by atoms with E-state index < -0.39 is 0 Å². The van der Waals surface area contributed by atoms with Crippen LogP contribution in [0.1, 0.15) is 33.0 Å². The van der Waals surface area contributed by atoms with Gasteiger partial charge in [0.25, 0.3) is 0 Å². The van der Waals surface area contributed by atoms with Crippen LogP contribution in [-0.4, -0.2) is 28.5 Å². The van der Waals surface area contributed by atoms with Gasteiger partial charge in [-0.3, -0.25) is 0 Å². The van der Waals surface area contributed by atoms with E-state index in [1.165, 1.54) is 0 Å². The van der Waals surface area contributed by atoms with Gasteiger partial charge in [0.2, 0.25) is 0 Å². The summed E-state index contributed by atoms with van der Waals surface area (Å²) in [5.74, 6) is 2.74. The third-order valence-corrected chi connectivity index (χ3v) is 3.09. The quantitative estimate of drug-likeness (QED) is 0.657. The van der Waals surface area contributed by atoms with E-state index in [1.807, 2.05) is 11.8 Å². The number of hydrogen-bond donors (Lipinski definition) is 1. The van der Waals surface area contributed by atoms with Gasteiger partial charge in [-0.25, -0.2) is 9.97 Å². The molecule has 0 saturated heterocycles. The number of hydrogen-bond acceptors (Lipinski definition) is 4. The molecule has 0 radical (unpaired) electrons. The van der Waals surface area contributed by atoms with Crippen LogP contribution in [0, 0.1) is 0 Å². The van der Waals surface area contributed by atoms with Crippen molar-refractivity contribution in [2.75, 3.05) is 23.9 Å². The average Bonchev–Trinajstić information content (AvgIpc) is 2.22. The van der Waals surface area contributed by atoms with E-state index >= 15 is 0 Å². The Balaban J connectivity index is 2.69. The highest BCUT2D eigenvalue weighted by Crippen LogP contribution is 2.22. The number of nitrogens with one attached hydrogen (secondary N) is 1. The van der Waals surface area contributed by atoms with Crippen LogP contribution < -0.4 is 5.32 Å². The first-order valence-corrected chi connectivity index (χ1v) is 7.48. The van der Waals surface area contributed by atoms with Gasteiger partial charge < -0.3 is 5.32 Å². The first-order chi connectivity index (χ1) is 7.93. The van der Waals surface area contributed by atoms with E-state index in [4.69, 9.17) is 11.6 Å². The molecule has 0 fully saturated rings. The molecule has 0 saturated carbocycles. The molecule has 0 atom stereocenters. The lowest BCUT2D eigenvalue weighted by Crippen LogP contribution is -2.17. The third kappa shape index (κ3) is 5.13. The first kappa shape index (κ1) is 14.6. The Hall–Kier alpha value is -0.480. The molecule has 1 rings (SSSR count). The predicted molar refractivity (Wildman–Crippen MR) is 77.2 cm³/mol. The van der Waals surface area contributed by atoms with Crippen molar-refractivity contribution in [2.24, 2.45) is 0 Å². The molecule has 0 aliphatic carbocycles. The fraction of sp³-hybridized carbons (Fsp3) is 0.667. The van der Waals surface area contributed by atoms with Gasteiger partial charge >= 0.3 is 0 Å². The fourth-order valence-corrected chi connectivity index (χ4v) is 1.89. The average molecular weight is 274 g/mol. The van der Waals surface area contributed by atoms with E-state index in [9.17, 15) is 0 Å². The smallest absolute Gasteiger partial charge is 0.137 e. The summed E-state index contributed by atoms with van der Waals surface area (Å²) in [6.07, 6.45) is 3.23. The Kier molecular flexibility index (Phi) is 5.53. The molecule has 0 aromatic carbocycles. The Morgan fingerprint density at radius 1 is 1.35 bits per heavy atom. The third-order valence-electron chi connectivity index (χ3n) is 2.20. The van der Waals surface area contributed by atoms with E-state index in [0.717, 1.165) is 30.4 Å². The van der Waals surface area contributed by atoms with Crippen molar-refractivity contribution >= 4 is 29.2 Å². The summed E-state index contributed by atoms with van der Waals surface area (Å²) in [4.78, 5) is 8.75. The maximum absolute atomic E-state index is 6.00. The normalized spacial score (nSPS) is 11.6. The fourth-order valence-electron chi connectivity index (χ4n) is 1.28. The van der Waals surface area contributed by atoms with Gasteiger partial charge in [-0.15, -0.1) is 0 Å². The standard InChI is InChI=1S/C12H20ClN3S/c1-12(2,3)11-15-9(13)8-10(16-11)14-6-5-7-17-4/h8H,5-7H2,1-4H3,(H,14,15,16). The minimum Gasteiger partial charge on any atom is -0.370 e. The molecule has 96 valence electrons. The van der Waals surface area contributed by atoms with Crippen molar-refractivity contribution in [1.29, 1.82) is 0 Å². The predicted octanol–water partition coefficient (Wildman–Crippen LogP) is 3.59. The number of aromatic nitrogens is 2. The summed E-state index contributed by atoms with van der Waals surface area (Å²) in [5.41, 5.74) is -0.0827. The zero-order valence-corrected chi connectivity index (χ0v) is 12.5. The Morgan fingerprint density at radius 3 is 2.65 bits per heavy atom. The molecule has 1 aromatic rings. The number of thioether (sulfide) groups is 1. The lowest BCUT2D eigenvalue weighted by molar-refractivity contribution is 0.546. The topological polar surface area (TPSA) is 37.8 Å². The summed E-state index contributed by atoms with van der Waals surface area (Å²) in [6, 6.07) is 1.77. The van der Waals surface area contributed by atoms with Crippen LogP contribution >= 0.6 is 23.4 Å². The van der Waals surface area contributed by atoms with E-state index in [2.05, 4.69) is 42.3 Å². The van der Waals surface area contributed by atoms with Crippen LogP contribution in [-0.2, 0) is 5.41 Å². The van der Waals surface area contributed by atoms with E-state index in [-0.39, 0.29) is 5.41 Å². The number of anilines is 1. The second kappa shape index (κ2) is 6.45. The molecular weight excluding hydrogens is 254 g/mol. The highest BCUT2D eigenvalue weighted by atomic mass is 35.5. The summed E-state index contributed by atoms with van der Waals surface area (Å²) in [5, 5.41) is 3.78. The molecule has 0 aliphatic rings. The van der Waals surface area contributed by atoms with Crippen LogP contribution in [0.4, 0.5) is 5.82 Å². The molecule has 0 bridgehead atoms. The molecular formula is C12H20ClN3S. The maximum atomic E-state index is 6.00. The van der Waals surface area contributed by atoms with Gasteiger partial charge in [0.15, 0.2) is 0 Å². The Morgan fingerprint density at radius 2 is 2.06 bits per heavy atom. The van der Waals surface area contributed by atoms with Crippen LogP contribution in [0.15, 0.2) is 6.07 Å². The minimum absolute atomic E-state index is 0.0827. The van der Waals surface area contributed by atoms with Crippen molar-refractivity contribution < 1.29 is 0 Å². The minimum atomic E-state index is -0.0827. The summed E-state index contributed by atoms with van der Waals surface area (Å²) < 4.78 is 0. The molecule has 0 unspecified atom stereocenters. The van der Waals surface area contributed by atoms with Gasteiger partial charge in [0.05, 0.1) is 0 Å². The van der Waals surface area contributed by atoms with Crippen molar-refractivity contribution in [2.45, 2.75) is 32.6 Å². The van der Waals surface area contributed by atoms with Crippen molar-refractivity contribution in [1.82, 2.24) is 9.97 Å². The van der Waals surface area contributed by atoms with Crippen LogP contribution in [0.2, 0.25) is 5.15 Å². The molecule has 0 spiro atoms. The molecule has 0 amide bonds. The van der Waals surface area contributed by atoms with Gasteiger partial charge in [-0.05, 0) is 18.4 Å². The highest BCUT2D eigenvalue weighted by Gasteiger charge is 2.18. The monoisotopic (exact) mass is 273 g/mol.